The van der Waals surface area contributed by atoms with E-state index in [1.165, 1.54) is 10.9 Å². The van der Waals surface area contributed by atoms with Gasteiger partial charge >= 0.3 is 0 Å². The Labute approximate surface area is 70.1 Å². The maximum Gasteiger partial charge on any atom is 0.0671 e. The second-order valence-corrected chi connectivity index (χ2v) is 6.21. The standard InChI is InChI=1S/C9H15NSi/c1-7-5-6-9(11(3)4)8(2)10-7/h5-6,11H,1-4H3. The Morgan fingerprint density at radius 1 is 1.18 bits per heavy atom. The number of aromatic nitrogens is 1. The smallest absolute Gasteiger partial charge is 0.0671 e. The van der Waals surface area contributed by atoms with E-state index >= 15 is 0 Å². The highest BCUT2D eigenvalue weighted by atomic mass is 28.3. The maximum atomic E-state index is 4.43. The summed E-state index contributed by atoms with van der Waals surface area (Å²) < 4.78 is 0. The summed E-state index contributed by atoms with van der Waals surface area (Å²) in [7, 11) is -0.651. The first kappa shape index (κ1) is 8.46. The van der Waals surface area contributed by atoms with E-state index in [2.05, 4.69) is 37.1 Å². The molecule has 0 aliphatic heterocycles. The summed E-state index contributed by atoms with van der Waals surface area (Å²) in [5.41, 5.74) is 2.35. The van der Waals surface area contributed by atoms with Gasteiger partial charge in [0.05, 0.1) is 8.80 Å². The van der Waals surface area contributed by atoms with Gasteiger partial charge in [-0.1, -0.05) is 19.2 Å². The molecule has 0 unspecified atom stereocenters. The normalized spacial score (nSPS) is 10.6. The van der Waals surface area contributed by atoms with E-state index in [4.69, 9.17) is 0 Å². The van der Waals surface area contributed by atoms with E-state index < -0.39 is 8.80 Å². The Bertz CT molecular complexity index is 256. The number of rotatable bonds is 1. The zero-order valence-corrected chi connectivity index (χ0v) is 8.83. The van der Waals surface area contributed by atoms with E-state index in [0.717, 1.165) is 5.69 Å². The number of pyridine rings is 1. The summed E-state index contributed by atoms with van der Waals surface area (Å²) in [5, 5.41) is 1.50. The van der Waals surface area contributed by atoms with Crippen molar-refractivity contribution in [1.29, 1.82) is 0 Å². The topological polar surface area (TPSA) is 12.9 Å². The summed E-state index contributed by atoms with van der Waals surface area (Å²) in [6.07, 6.45) is 0. The molecule has 1 aromatic heterocycles. The van der Waals surface area contributed by atoms with Crippen molar-refractivity contribution in [1.82, 2.24) is 4.98 Å². The highest BCUT2D eigenvalue weighted by Crippen LogP contribution is 1.96. The first-order valence-corrected chi connectivity index (χ1v) is 6.94. The van der Waals surface area contributed by atoms with E-state index in [-0.39, 0.29) is 0 Å². The predicted octanol–water partition coefficient (Wildman–Crippen LogP) is 1.39. The van der Waals surface area contributed by atoms with E-state index in [0.29, 0.717) is 0 Å². The molecule has 0 atom stereocenters. The number of aryl methyl sites for hydroxylation is 2. The molecule has 0 saturated heterocycles. The largest absolute Gasteiger partial charge is 0.259 e. The fraction of sp³-hybridized carbons (Fsp3) is 0.444. The average molecular weight is 165 g/mol. The van der Waals surface area contributed by atoms with Crippen LogP contribution in [0.15, 0.2) is 12.1 Å². The molecule has 0 saturated carbocycles. The van der Waals surface area contributed by atoms with Gasteiger partial charge in [0.15, 0.2) is 0 Å². The van der Waals surface area contributed by atoms with Crippen LogP contribution in [0.4, 0.5) is 0 Å². The van der Waals surface area contributed by atoms with Gasteiger partial charge in [0.2, 0.25) is 0 Å². The molecule has 0 spiro atoms. The third kappa shape index (κ3) is 1.90. The minimum atomic E-state index is -0.651. The Morgan fingerprint density at radius 3 is 2.27 bits per heavy atom. The van der Waals surface area contributed by atoms with Crippen molar-refractivity contribution in [2.45, 2.75) is 26.9 Å². The first-order chi connectivity index (χ1) is 5.11. The monoisotopic (exact) mass is 165 g/mol. The van der Waals surface area contributed by atoms with Gasteiger partial charge in [-0.3, -0.25) is 4.98 Å². The number of nitrogens with zero attached hydrogens (tertiary/aromatic N) is 1. The molecule has 1 heterocycles. The zero-order chi connectivity index (χ0) is 8.43. The molecule has 0 aliphatic carbocycles. The highest BCUT2D eigenvalue weighted by molar-refractivity contribution is 6.71. The van der Waals surface area contributed by atoms with Crippen molar-refractivity contribution in [3.8, 4) is 0 Å². The Morgan fingerprint density at radius 2 is 1.82 bits per heavy atom. The molecule has 0 aromatic carbocycles. The Balaban J connectivity index is 3.09. The lowest BCUT2D eigenvalue weighted by Gasteiger charge is -2.07. The van der Waals surface area contributed by atoms with Gasteiger partial charge < -0.3 is 0 Å². The summed E-state index contributed by atoms with van der Waals surface area (Å²) >= 11 is 0. The van der Waals surface area contributed by atoms with E-state index in [1.807, 2.05) is 6.92 Å². The molecule has 0 radical (unpaired) electrons. The zero-order valence-electron chi connectivity index (χ0n) is 7.68. The van der Waals surface area contributed by atoms with Crippen molar-refractivity contribution in [2.75, 3.05) is 0 Å². The van der Waals surface area contributed by atoms with Crippen molar-refractivity contribution in [3.63, 3.8) is 0 Å². The average Bonchev–Trinajstić information content (AvgIpc) is 1.85. The van der Waals surface area contributed by atoms with E-state index in [1.54, 1.807) is 0 Å². The van der Waals surface area contributed by atoms with Gasteiger partial charge in [-0.25, -0.2) is 0 Å². The number of hydrogen-bond acceptors (Lipinski definition) is 1. The summed E-state index contributed by atoms with van der Waals surface area (Å²) in [6.45, 7) is 8.81. The molecule has 0 amide bonds. The molecular formula is C9H15NSi. The quantitative estimate of drug-likeness (QED) is 0.573. The lowest BCUT2D eigenvalue weighted by molar-refractivity contribution is 1.14. The molecule has 2 heteroatoms. The molecule has 1 aromatic rings. The Kier molecular flexibility index (Phi) is 2.44. The van der Waals surface area contributed by atoms with Crippen molar-refractivity contribution in [2.24, 2.45) is 0 Å². The second-order valence-electron chi connectivity index (χ2n) is 3.28. The van der Waals surface area contributed by atoms with Crippen LogP contribution in [0.5, 0.6) is 0 Å². The van der Waals surface area contributed by atoms with Crippen LogP contribution < -0.4 is 5.19 Å². The Hall–Kier alpha value is -0.633. The van der Waals surface area contributed by atoms with Crippen LogP contribution in [0.2, 0.25) is 13.1 Å². The van der Waals surface area contributed by atoms with Crippen molar-refractivity contribution >= 4 is 14.0 Å². The summed E-state index contributed by atoms with van der Waals surface area (Å²) in [4.78, 5) is 4.43. The van der Waals surface area contributed by atoms with Crippen LogP contribution in [0.1, 0.15) is 11.4 Å². The van der Waals surface area contributed by atoms with Gasteiger partial charge in [0, 0.05) is 11.4 Å². The van der Waals surface area contributed by atoms with Gasteiger partial charge in [-0.05, 0) is 25.1 Å². The minimum absolute atomic E-state index is 0.651. The molecular weight excluding hydrogens is 150 g/mol. The molecule has 1 rings (SSSR count). The van der Waals surface area contributed by atoms with Gasteiger partial charge in [0.25, 0.3) is 0 Å². The molecule has 0 bridgehead atoms. The summed E-state index contributed by atoms with van der Waals surface area (Å²) in [5.74, 6) is 0. The van der Waals surface area contributed by atoms with E-state index in [9.17, 15) is 0 Å². The molecule has 0 aliphatic rings. The fourth-order valence-corrected chi connectivity index (χ4v) is 2.69. The van der Waals surface area contributed by atoms with Crippen LogP contribution in [0.25, 0.3) is 0 Å². The second kappa shape index (κ2) is 3.18. The molecule has 0 N–H and O–H groups in total. The third-order valence-electron chi connectivity index (χ3n) is 1.89. The molecule has 1 nitrogen and oxygen atoms in total. The van der Waals surface area contributed by atoms with Crippen molar-refractivity contribution < 1.29 is 0 Å². The molecule has 11 heavy (non-hydrogen) atoms. The SMILES string of the molecule is Cc1ccc([SiH](C)C)c(C)n1. The lowest BCUT2D eigenvalue weighted by Crippen LogP contribution is -2.26. The van der Waals surface area contributed by atoms with Crippen molar-refractivity contribution in [3.05, 3.63) is 23.5 Å². The lowest BCUT2D eigenvalue weighted by atomic mass is 10.3. The predicted molar refractivity (Wildman–Crippen MR) is 52.2 cm³/mol. The highest BCUT2D eigenvalue weighted by Gasteiger charge is 2.04. The van der Waals surface area contributed by atoms with Gasteiger partial charge in [-0.2, -0.15) is 0 Å². The fourth-order valence-electron chi connectivity index (χ4n) is 1.31. The van der Waals surface area contributed by atoms with Crippen LogP contribution >= 0.6 is 0 Å². The van der Waals surface area contributed by atoms with Gasteiger partial charge in [0.1, 0.15) is 0 Å². The maximum absolute atomic E-state index is 4.43. The molecule has 60 valence electrons. The molecule has 0 fully saturated rings. The van der Waals surface area contributed by atoms with Crippen LogP contribution in [0.3, 0.4) is 0 Å². The van der Waals surface area contributed by atoms with Crippen LogP contribution in [-0.4, -0.2) is 13.8 Å². The third-order valence-corrected chi connectivity index (χ3v) is 3.74. The number of hydrogen-bond donors (Lipinski definition) is 0. The van der Waals surface area contributed by atoms with Gasteiger partial charge in [-0.15, -0.1) is 0 Å². The van der Waals surface area contributed by atoms with Crippen LogP contribution in [-0.2, 0) is 0 Å². The first-order valence-electron chi connectivity index (χ1n) is 4.05. The summed E-state index contributed by atoms with van der Waals surface area (Å²) in [6, 6.07) is 4.34. The minimum Gasteiger partial charge on any atom is -0.259 e. The van der Waals surface area contributed by atoms with Crippen LogP contribution in [0, 0.1) is 13.8 Å².